The normalized spacial score (nSPS) is 19.7. The number of nitrogens with zero attached hydrogens (tertiary/aromatic N) is 2. The number of aromatic nitrogens is 1. The zero-order valence-corrected chi connectivity index (χ0v) is 13.6. The number of carbonyl (C=O) groups excluding carboxylic acids is 1. The van der Waals surface area contributed by atoms with Crippen LogP contribution in [0.4, 0.5) is 9.52 Å². The van der Waals surface area contributed by atoms with Gasteiger partial charge in [-0.15, -0.1) is 22.9 Å². The molecule has 4 nitrogen and oxygen atoms in total. The van der Waals surface area contributed by atoms with Gasteiger partial charge in [0.25, 0.3) is 0 Å². The zero-order valence-electron chi connectivity index (χ0n) is 12.0. The number of dihydropyridines is 1. The lowest BCUT2D eigenvalue weighted by Crippen LogP contribution is -2.23. The van der Waals surface area contributed by atoms with Gasteiger partial charge in [0.2, 0.25) is 5.91 Å². The highest BCUT2D eigenvalue weighted by molar-refractivity contribution is 7.14. The number of carbonyl (C=O) groups is 1. The first-order chi connectivity index (χ1) is 11.1. The minimum Gasteiger partial charge on any atom is -0.301 e. The standard InChI is InChI=1S/C16H13ClFN3OS/c17-8-14(22)21-15-20-13(9-23-15)11-3-1-4-12(7-11)16(18)5-2-6-19-10-16/h1-7,9H,8,10H2,(H,20,21,22). The van der Waals surface area contributed by atoms with E-state index in [1.165, 1.54) is 17.4 Å². The van der Waals surface area contributed by atoms with Crippen molar-refractivity contribution < 1.29 is 9.18 Å². The van der Waals surface area contributed by atoms with Crippen LogP contribution in [-0.4, -0.2) is 29.5 Å². The number of rotatable bonds is 4. The van der Waals surface area contributed by atoms with E-state index in [4.69, 9.17) is 11.6 Å². The highest BCUT2D eigenvalue weighted by atomic mass is 35.5. The maximum absolute atomic E-state index is 14.9. The quantitative estimate of drug-likeness (QED) is 0.854. The monoisotopic (exact) mass is 349 g/mol. The predicted molar refractivity (Wildman–Crippen MR) is 92.2 cm³/mol. The summed E-state index contributed by atoms with van der Waals surface area (Å²) in [5, 5.41) is 4.87. The van der Waals surface area contributed by atoms with E-state index in [2.05, 4.69) is 15.3 Å². The van der Waals surface area contributed by atoms with Gasteiger partial charge in [0.15, 0.2) is 10.8 Å². The lowest BCUT2D eigenvalue weighted by atomic mass is 9.92. The number of halogens is 2. The van der Waals surface area contributed by atoms with Gasteiger partial charge in [-0.3, -0.25) is 9.79 Å². The fraction of sp³-hybridized carbons (Fsp3) is 0.188. The molecular formula is C16H13ClFN3OS. The van der Waals surface area contributed by atoms with Crippen LogP contribution >= 0.6 is 22.9 Å². The van der Waals surface area contributed by atoms with E-state index in [-0.39, 0.29) is 18.3 Å². The molecule has 118 valence electrons. The van der Waals surface area contributed by atoms with E-state index in [0.717, 1.165) is 5.56 Å². The maximum Gasteiger partial charge on any atom is 0.241 e. The van der Waals surface area contributed by atoms with Gasteiger partial charge in [-0.05, 0) is 23.8 Å². The van der Waals surface area contributed by atoms with Crippen LogP contribution in [0.15, 0.2) is 46.8 Å². The summed E-state index contributed by atoms with van der Waals surface area (Å²) in [6, 6.07) is 7.13. The number of amides is 1. The molecule has 1 aliphatic rings. The lowest BCUT2D eigenvalue weighted by molar-refractivity contribution is -0.113. The molecule has 1 aromatic heterocycles. The van der Waals surface area contributed by atoms with Crippen molar-refractivity contribution in [3.05, 3.63) is 47.4 Å². The first kappa shape index (κ1) is 15.8. The van der Waals surface area contributed by atoms with Gasteiger partial charge in [-0.25, -0.2) is 9.37 Å². The fourth-order valence-corrected chi connectivity index (χ4v) is 3.04. The Morgan fingerprint density at radius 1 is 1.48 bits per heavy atom. The van der Waals surface area contributed by atoms with Crippen LogP contribution in [0.2, 0.25) is 0 Å². The molecule has 1 amide bonds. The van der Waals surface area contributed by atoms with Gasteiger partial charge in [0.05, 0.1) is 12.2 Å². The Balaban J connectivity index is 1.87. The molecule has 0 aliphatic carbocycles. The Labute approximate surface area is 141 Å². The second kappa shape index (κ2) is 6.60. The largest absolute Gasteiger partial charge is 0.301 e. The summed E-state index contributed by atoms with van der Waals surface area (Å²) in [5.41, 5.74) is 0.386. The van der Waals surface area contributed by atoms with E-state index in [1.54, 1.807) is 30.5 Å². The molecule has 1 aliphatic heterocycles. The summed E-state index contributed by atoms with van der Waals surface area (Å²) in [6.07, 6.45) is 4.71. The highest BCUT2D eigenvalue weighted by Gasteiger charge is 2.30. The summed E-state index contributed by atoms with van der Waals surface area (Å²) in [7, 11) is 0. The Morgan fingerprint density at radius 2 is 2.35 bits per heavy atom. The number of benzene rings is 1. The molecule has 2 heterocycles. The Bertz CT molecular complexity index is 789. The van der Waals surface area contributed by atoms with E-state index < -0.39 is 5.67 Å². The number of allylic oxidation sites excluding steroid dienone is 1. The van der Waals surface area contributed by atoms with E-state index in [9.17, 15) is 9.18 Å². The van der Waals surface area contributed by atoms with Crippen molar-refractivity contribution in [3.63, 3.8) is 0 Å². The Morgan fingerprint density at radius 3 is 3.09 bits per heavy atom. The number of thiazole rings is 1. The number of nitrogens with one attached hydrogen (secondary N) is 1. The Hall–Kier alpha value is -2.05. The molecular weight excluding hydrogens is 337 g/mol. The van der Waals surface area contributed by atoms with Crippen molar-refractivity contribution in [2.75, 3.05) is 17.7 Å². The fourth-order valence-electron chi connectivity index (χ4n) is 2.24. The minimum atomic E-state index is -1.60. The summed E-state index contributed by atoms with van der Waals surface area (Å²) >= 11 is 6.75. The van der Waals surface area contributed by atoms with Crippen LogP contribution in [-0.2, 0) is 10.5 Å². The first-order valence-electron chi connectivity index (χ1n) is 6.89. The number of hydrogen-bond donors (Lipinski definition) is 1. The molecule has 0 radical (unpaired) electrons. The van der Waals surface area contributed by atoms with Gasteiger partial charge >= 0.3 is 0 Å². The van der Waals surface area contributed by atoms with Crippen LogP contribution in [0.1, 0.15) is 5.56 Å². The van der Waals surface area contributed by atoms with Crippen LogP contribution in [0.3, 0.4) is 0 Å². The summed E-state index contributed by atoms with van der Waals surface area (Å²) in [5.74, 6) is -0.434. The van der Waals surface area contributed by atoms with Gasteiger partial charge in [-0.1, -0.05) is 18.2 Å². The van der Waals surface area contributed by atoms with Crippen molar-refractivity contribution in [1.82, 2.24) is 4.98 Å². The van der Waals surface area contributed by atoms with Gasteiger partial charge in [0.1, 0.15) is 5.88 Å². The third-order valence-corrected chi connectivity index (χ3v) is 4.38. The second-order valence-corrected chi connectivity index (χ2v) is 6.14. The lowest BCUT2D eigenvalue weighted by Gasteiger charge is -2.22. The van der Waals surface area contributed by atoms with E-state index in [0.29, 0.717) is 16.4 Å². The predicted octanol–water partition coefficient (Wildman–Crippen LogP) is 3.79. The molecule has 0 fully saturated rings. The molecule has 0 saturated carbocycles. The zero-order chi connectivity index (χ0) is 16.3. The first-order valence-corrected chi connectivity index (χ1v) is 8.31. The number of alkyl halides is 2. The summed E-state index contributed by atoms with van der Waals surface area (Å²) in [4.78, 5) is 19.6. The van der Waals surface area contributed by atoms with Crippen molar-refractivity contribution in [2.45, 2.75) is 5.67 Å². The van der Waals surface area contributed by atoms with Crippen molar-refractivity contribution in [1.29, 1.82) is 0 Å². The number of aliphatic imine (C=N–C) groups is 1. The van der Waals surface area contributed by atoms with Crippen molar-refractivity contribution >= 4 is 40.2 Å². The Kier molecular flexibility index (Phi) is 4.54. The molecule has 1 unspecified atom stereocenters. The summed E-state index contributed by atoms with van der Waals surface area (Å²) < 4.78 is 14.9. The highest BCUT2D eigenvalue weighted by Crippen LogP contribution is 2.33. The molecule has 7 heteroatoms. The maximum atomic E-state index is 14.9. The van der Waals surface area contributed by atoms with Crippen molar-refractivity contribution in [3.8, 4) is 11.3 Å². The smallest absolute Gasteiger partial charge is 0.241 e. The van der Waals surface area contributed by atoms with Crippen LogP contribution in [0, 0.1) is 0 Å². The minimum absolute atomic E-state index is 0.0705. The molecule has 23 heavy (non-hydrogen) atoms. The molecule has 1 atom stereocenters. The molecule has 0 saturated heterocycles. The average Bonchev–Trinajstić information content (AvgIpc) is 3.04. The van der Waals surface area contributed by atoms with Gasteiger partial charge in [0, 0.05) is 17.2 Å². The number of hydrogen-bond acceptors (Lipinski definition) is 4. The van der Waals surface area contributed by atoms with Gasteiger partial charge in [-0.2, -0.15) is 0 Å². The van der Waals surface area contributed by atoms with Crippen LogP contribution < -0.4 is 5.32 Å². The molecule has 1 N–H and O–H groups in total. The molecule has 1 aromatic carbocycles. The third kappa shape index (κ3) is 3.48. The molecule has 0 bridgehead atoms. The second-order valence-electron chi connectivity index (χ2n) is 5.01. The average molecular weight is 350 g/mol. The van der Waals surface area contributed by atoms with Crippen LogP contribution in [0.25, 0.3) is 11.3 Å². The third-order valence-electron chi connectivity index (χ3n) is 3.38. The van der Waals surface area contributed by atoms with Crippen LogP contribution in [0.5, 0.6) is 0 Å². The SMILES string of the molecule is O=C(CCl)Nc1nc(-c2cccc(C3(F)C=CC=NC3)c2)cs1. The van der Waals surface area contributed by atoms with E-state index in [1.807, 2.05) is 11.4 Å². The topological polar surface area (TPSA) is 54.4 Å². The number of anilines is 1. The van der Waals surface area contributed by atoms with Crippen molar-refractivity contribution in [2.24, 2.45) is 4.99 Å². The summed E-state index contributed by atoms with van der Waals surface area (Å²) in [6.45, 7) is 0.0705. The van der Waals surface area contributed by atoms with E-state index >= 15 is 0 Å². The molecule has 2 aromatic rings. The molecule has 0 spiro atoms. The van der Waals surface area contributed by atoms with Gasteiger partial charge < -0.3 is 5.32 Å². The molecule has 3 rings (SSSR count).